The van der Waals surface area contributed by atoms with Crippen molar-refractivity contribution in [3.05, 3.63) is 50.9 Å². The Morgan fingerprint density at radius 3 is 2.79 bits per heavy atom. The van der Waals surface area contributed by atoms with Crippen molar-refractivity contribution in [2.45, 2.75) is 56.7 Å². The first kappa shape index (κ1) is 23.1. The van der Waals surface area contributed by atoms with Crippen LogP contribution in [0.2, 0.25) is 0 Å². The van der Waals surface area contributed by atoms with Crippen LogP contribution in [0.4, 0.5) is 0 Å². The summed E-state index contributed by atoms with van der Waals surface area (Å²) in [5.74, 6) is 2.22. The van der Waals surface area contributed by atoms with Gasteiger partial charge in [-0.2, -0.15) is 0 Å². The zero-order chi connectivity index (χ0) is 23.8. The number of nitrogens with zero attached hydrogens (tertiary/aromatic N) is 4. The van der Waals surface area contributed by atoms with Gasteiger partial charge in [-0.3, -0.25) is 9.36 Å². The molecule has 0 saturated carbocycles. The third-order valence-electron chi connectivity index (χ3n) is 6.20. The SMILES string of the molecule is COc1ccc(-c2nnc(S[C@@H](C)c3nc4sc(C)c(C)c4c(=O)[nH]3)n2C[C@@H]2CCCO2)cc1. The van der Waals surface area contributed by atoms with Gasteiger partial charge in [0.15, 0.2) is 11.0 Å². The Morgan fingerprint density at radius 1 is 1.29 bits per heavy atom. The van der Waals surface area contributed by atoms with Crippen LogP contribution >= 0.6 is 23.1 Å². The van der Waals surface area contributed by atoms with Crippen molar-refractivity contribution in [3.8, 4) is 17.1 Å². The molecule has 10 heteroatoms. The van der Waals surface area contributed by atoms with Crippen LogP contribution in [0.3, 0.4) is 0 Å². The number of aryl methyl sites for hydroxylation is 2. The van der Waals surface area contributed by atoms with Crippen LogP contribution in [-0.2, 0) is 11.3 Å². The smallest absolute Gasteiger partial charge is 0.259 e. The number of nitrogens with one attached hydrogen (secondary N) is 1. The second kappa shape index (κ2) is 9.52. The molecule has 1 N–H and O–H groups in total. The van der Waals surface area contributed by atoms with Crippen LogP contribution < -0.4 is 10.3 Å². The lowest BCUT2D eigenvalue weighted by Crippen LogP contribution is -2.17. The Balaban J connectivity index is 1.48. The van der Waals surface area contributed by atoms with Crippen molar-refractivity contribution in [1.82, 2.24) is 24.7 Å². The number of hydrogen-bond donors (Lipinski definition) is 1. The lowest BCUT2D eigenvalue weighted by Gasteiger charge is -2.16. The highest BCUT2D eigenvalue weighted by molar-refractivity contribution is 7.99. The summed E-state index contributed by atoms with van der Waals surface area (Å²) in [4.78, 5) is 22.4. The molecule has 1 aromatic carbocycles. The number of H-pyrrole nitrogens is 1. The van der Waals surface area contributed by atoms with Gasteiger partial charge in [-0.25, -0.2) is 4.98 Å². The van der Waals surface area contributed by atoms with E-state index in [2.05, 4.69) is 19.7 Å². The molecule has 34 heavy (non-hydrogen) atoms. The molecule has 178 valence electrons. The number of fused-ring (bicyclic) bond motifs is 1. The summed E-state index contributed by atoms with van der Waals surface area (Å²) in [6, 6.07) is 7.82. The fourth-order valence-corrected chi connectivity index (χ4v) is 6.12. The largest absolute Gasteiger partial charge is 0.497 e. The van der Waals surface area contributed by atoms with E-state index in [4.69, 9.17) is 14.5 Å². The molecule has 3 aromatic heterocycles. The first-order valence-corrected chi connectivity index (χ1v) is 13.0. The van der Waals surface area contributed by atoms with Crippen molar-refractivity contribution in [3.63, 3.8) is 0 Å². The molecular weight excluding hydrogens is 470 g/mol. The number of aromatic nitrogens is 5. The zero-order valence-corrected chi connectivity index (χ0v) is 21.3. The fourth-order valence-electron chi connectivity index (χ4n) is 4.16. The molecule has 1 saturated heterocycles. The second-order valence-electron chi connectivity index (χ2n) is 8.45. The quantitative estimate of drug-likeness (QED) is 0.363. The minimum Gasteiger partial charge on any atom is -0.497 e. The lowest BCUT2D eigenvalue weighted by atomic mass is 10.2. The average molecular weight is 498 g/mol. The summed E-state index contributed by atoms with van der Waals surface area (Å²) in [5, 5.41) is 10.4. The molecule has 0 radical (unpaired) electrons. The van der Waals surface area contributed by atoms with E-state index >= 15 is 0 Å². The molecule has 0 aliphatic carbocycles. The molecule has 8 nitrogen and oxygen atoms in total. The Morgan fingerprint density at radius 2 is 2.09 bits per heavy atom. The van der Waals surface area contributed by atoms with Crippen LogP contribution in [0.15, 0.2) is 34.2 Å². The van der Waals surface area contributed by atoms with E-state index in [1.54, 1.807) is 18.4 Å². The van der Waals surface area contributed by atoms with Crippen molar-refractivity contribution >= 4 is 33.3 Å². The van der Waals surface area contributed by atoms with Gasteiger partial charge in [0, 0.05) is 17.0 Å². The van der Waals surface area contributed by atoms with E-state index in [9.17, 15) is 4.79 Å². The first-order chi connectivity index (χ1) is 16.4. The molecule has 4 aromatic rings. The predicted molar refractivity (Wildman–Crippen MR) is 135 cm³/mol. The number of hydrogen-bond acceptors (Lipinski definition) is 8. The van der Waals surface area contributed by atoms with Crippen LogP contribution in [-0.4, -0.2) is 44.6 Å². The summed E-state index contributed by atoms with van der Waals surface area (Å²) in [5.41, 5.74) is 1.87. The minimum atomic E-state index is -0.115. The molecule has 5 rings (SSSR count). The normalized spacial score (nSPS) is 16.9. The van der Waals surface area contributed by atoms with E-state index in [0.717, 1.165) is 57.0 Å². The maximum atomic E-state index is 12.8. The third-order valence-corrected chi connectivity index (χ3v) is 8.39. The van der Waals surface area contributed by atoms with Crippen LogP contribution in [0.1, 0.15) is 41.3 Å². The van der Waals surface area contributed by atoms with Crippen molar-refractivity contribution in [1.29, 1.82) is 0 Å². The van der Waals surface area contributed by atoms with Gasteiger partial charge in [0.25, 0.3) is 5.56 Å². The molecule has 2 atom stereocenters. The Kier molecular flexibility index (Phi) is 6.46. The number of ether oxygens (including phenoxy) is 2. The highest BCUT2D eigenvalue weighted by atomic mass is 32.2. The Labute approximate surface area is 205 Å². The Bertz CT molecular complexity index is 1370. The number of thioether (sulfide) groups is 1. The number of aromatic amines is 1. The van der Waals surface area contributed by atoms with Gasteiger partial charge < -0.3 is 14.5 Å². The summed E-state index contributed by atoms with van der Waals surface area (Å²) >= 11 is 3.10. The monoisotopic (exact) mass is 497 g/mol. The maximum absolute atomic E-state index is 12.8. The van der Waals surface area contributed by atoms with E-state index in [-0.39, 0.29) is 16.9 Å². The summed E-state index contributed by atoms with van der Waals surface area (Å²) in [7, 11) is 1.65. The molecule has 4 heterocycles. The maximum Gasteiger partial charge on any atom is 0.259 e. The number of benzene rings is 1. The second-order valence-corrected chi connectivity index (χ2v) is 11.0. The minimum absolute atomic E-state index is 0.0888. The van der Waals surface area contributed by atoms with Crippen molar-refractivity contribution < 1.29 is 9.47 Å². The molecule has 1 aliphatic heterocycles. The first-order valence-electron chi connectivity index (χ1n) is 11.3. The summed E-state index contributed by atoms with van der Waals surface area (Å²) in [6.45, 7) is 7.48. The molecule has 0 amide bonds. The van der Waals surface area contributed by atoms with Gasteiger partial charge in [-0.15, -0.1) is 21.5 Å². The van der Waals surface area contributed by atoms with Crippen molar-refractivity contribution in [2.24, 2.45) is 0 Å². The van der Waals surface area contributed by atoms with Gasteiger partial charge in [-0.05, 0) is 63.4 Å². The molecule has 0 spiro atoms. The van der Waals surface area contributed by atoms with E-state index in [0.29, 0.717) is 17.8 Å². The highest BCUT2D eigenvalue weighted by Gasteiger charge is 2.24. The number of methoxy groups -OCH3 is 1. The Hall–Kier alpha value is -2.69. The van der Waals surface area contributed by atoms with Crippen LogP contribution in [0, 0.1) is 13.8 Å². The molecular formula is C24H27N5O3S2. The van der Waals surface area contributed by atoms with E-state index in [1.165, 1.54) is 11.8 Å². The zero-order valence-electron chi connectivity index (χ0n) is 19.6. The van der Waals surface area contributed by atoms with E-state index < -0.39 is 0 Å². The summed E-state index contributed by atoms with van der Waals surface area (Å²) < 4.78 is 13.3. The van der Waals surface area contributed by atoms with E-state index in [1.807, 2.05) is 45.0 Å². The van der Waals surface area contributed by atoms with Gasteiger partial charge in [-0.1, -0.05) is 11.8 Å². The van der Waals surface area contributed by atoms with Gasteiger partial charge >= 0.3 is 0 Å². The standard InChI is InChI=1S/C24H27N5O3S2/c1-13-14(2)33-23-19(13)22(30)25-20(26-23)15(3)34-24-28-27-21(16-7-9-17(31-4)10-8-16)29(24)12-18-6-5-11-32-18/h7-10,15,18H,5-6,11-12H2,1-4H3,(H,25,26,30)/t15-,18-/m0/s1. The lowest BCUT2D eigenvalue weighted by molar-refractivity contribution is 0.0953. The third kappa shape index (κ3) is 4.37. The molecule has 0 unspecified atom stereocenters. The molecule has 0 bridgehead atoms. The predicted octanol–water partition coefficient (Wildman–Crippen LogP) is 4.90. The number of thiophene rings is 1. The van der Waals surface area contributed by atoms with Gasteiger partial charge in [0.1, 0.15) is 16.4 Å². The summed E-state index contributed by atoms with van der Waals surface area (Å²) in [6.07, 6.45) is 2.21. The fraction of sp³-hybridized carbons (Fsp3) is 0.417. The topological polar surface area (TPSA) is 94.9 Å². The average Bonchev–Trinajstić information content (AvgIpc) is 3.55. The van der Waals surface area contributed by atoms with Crippen LogP contribution in [0.5, 0.6) is 5.75 Å². The van der Waals surface area contributed by atoms with Crippen molar-refractivity contribution in [2.75, 3.05) is 13.7 Å². The highest BCUT2D eigenvalue weighted by Crippen LogP contribution is 2.36. The van der Waals surface area contributed by atoms with Crippen LogP contribution in [0.25, 0.3) is 21.6 Å². The van der Waals surface area contributed by atoms with Gasteiger partial charge in [0.05, 0.1) is 30.4 Å². The van der Waals surface area contributed by atoms with Gasteiger partial charge in [0.2, 0.25) is 0 Å². The molecule has 1 fully saturated rings. The number of rotatable bonds is 7. The molecule has 1 aliphatic rings.